The van der Waals surface area contributed by atoms with Gasteiger partial charge in [-0.25, -0.2) is 8.42 Å². The molecule has 10 heteroatoms. The van der Waals surface area contributed by atoms with Gasteiger partial charge in [-0.3, -0.25) is 9.44 Å². The molecule has 0 saturated heterocycles. The molecule has 8 nitrogen and oxygen atoms in total. The Labute approximate surface area is 154 Å². The van der Waals surface area contributed by atoms with Crippen molar-refractivity contribution in [1.82, 2.24) is 4.31 Å². The van der Waals surface area contributed by atoms with E-state index in [1.807, 2.05) is 6.92 Å². The number of aryl methyl sites for hydroxylation is 1. The van der Waals surface area contributed by atoms with Crippen LogP contribution in [0.2, 0.25) is 0 Å². The molecule has 2 aromatic carbocycles. The lowest BCUT2D eigenvalue weighted by molar-refractivity contribution is 0.417. The second kappa shape index (κ2) is 7.52. The van der Waals surface area contributed by atoms with Crippen molar-refractivity contribution in [3.05, 3.63) is 48.0 Å². The monoisotopic (exact) mass is 399 g/mol. The van der Waals surface area contributed by atoms with Gasteiger partial charge in [0.05, 0.1) is 23.4 Å². The van der Waals surface area contributed by atoms with Crippen LogP contribution in [-0.2, 0) is 20.2 Å². The Kier molecular flexibility index (Phi) is 5.79. The smallest absolute Gasteiger partial charge is 0.301 e. The van der Waals surface area contributed by atoms with Crippen molar-refractivity contribution in [2.45, 2.75) is 11.8 Å². The maximum atomic E-state index is 12.5. The van der Waals surface area contributed by atoms with E-state index >= 15 is 0 Å². The van der Waals surface area contributed by atoms with Crippen molar-refractivity contribution in [1.29, 1.82) is 0 Å². The normalized spacial score (nSPS) is 12.0. The van der Waals surface area contributed by atoms with Crippen LogP contribution in [0, 0.1) is 6.92 Å². The number of anilines is 2. The third kappa shape index (κ3) is 4.65. The molecular formula is C16H21N3O5S2. The molecule has 2 N–H and O–H groups in total. The standard InChI is InChI=1S/C16H21N3O5S2/c1-12-5-8-14(9-6-12)25(20,21)18-15-10-7-13(11-16(15)24-4)17-26(22,23)19(2)3/h5-11,17-18H,1-4H3. The number of benzene rings is 2. The first kappa shape index (κ1) is 20.0. The first-order valence-corrected chi connectivity index (χ1v) is 10.5. The fraction of sp³-hybridized carbons (Fsp3) is 0.250. The average Bonchev–Trinajstić information content (AvgIpc) is 2.56. The molecule has 0 atom stereocenters. The lowest BCUT2D eigenvalue weighted by Crippen LogP contribution is -2.28. The molecule has 0 fully saturated rings. The van der Waals surface area contributed by atoms with E-state index in [-0.39, 0.29) is 22.0 Å². The average molecular weight is 399 g/mol. The van der Waals surface area contributed by atoms with Gasteiger partial charge >= 0.3 is 10.2 Å². The highest BCUT2D eigenvalue weighted by atomic mass is 32.2. The Morgan fingerprint density at radius 3 is 2.08 bits per heavy atom. The molecule has 2 aromatic rings. The minimum absolute atomic E-state index is 0.113. The summed E-state index contributed by atoms with van der Waals surface area (Å²) in [5.41, 5.74) is 1.38. The maximum Gasteiger partial charge on any atom is 0.301 e. The topological polar surface area (TPSA) is 105 Å². The summed E-state index contributed by atoms with van der Waals surface area (Å²) in [6, 6.07) is 10.7. The van der Waals surface area contributed by atoms with Crippen LogP contribution in [0.1, 0.15) is 5.56 Å². The summed E-state index contributed by atoms with van der Waals surface area (Å²) < 4.78 is 59.8. The highest BCUT2D eigenvalue weighted by molar-refractivity contribution is 7.92. The van der Waals surface area contributed by atoms with Gasteiger partial charge in [0.2, 0.25) is 0 Å². The molecule has 26 heavy (non-hydrogen) atoms. The van der Waals surface area contributed by atoms with Gasteiger partial charge in [0.15, 0.2) is 0 Å². The van der Waals surface area contributed by atoms with Gasteiger partial charge in [-0.15, -0.1) is 0 Å². The van der Waals surface area contributed by atoms with Gasteiger partial charge in [0.1, 0.15) is 5.75 Å². The zero-order chi connectivity index (χ0) is 19.5. The lowest BCUT2D eigenvalue weighted by atomic mass is 10.2. The summed E-state index contributed by atoms with van der Waals surface area (Å²) in [6.45, 7) is 1.86. The number of ether oxygens (including phenoxy) is 1. The fourth-order valence-electron chi connectivity index (χ4n) is 2.00. The van der Waals surface area contributed by atoms with Crippen molar-refractivity contribution in [2.75, 3.05) is 30.6 Å². The maximum absolute atomic E-state index is 12.5. The second-order valence-electron chi connectivity index (χ2n) is 5.72. The van der Waals surface area contributed by atoms with Gasteiger partial charge in [-0.2, -0.15) is 12.7 Å². The first-order valence-electron chi connectivity index (χ1n) is 7.53. The molecule has 0 amide bonds. The van der Waals surface area contributed by atoms with Crippen molar-refractivity contribution in [3.8, 4) is 5.75 Å². The summed E-state index contributed by atoms with van der Waals surface area (Å²) in [5.74, 6) is 0.180. The Morgan fingerprint density at radius 1 is 0.923 bits per heavy atom. The predicted molar refractivity (Wildman–Crippen MR) is 101 cm³/mol. The minimum atomic E-state index is -3.80. The van der Waals surface area contributed by atoms with Crippen LogP contribution in [0.4, 0.5) is 11.4 Å². The highest BCUT2D eigenvalue weighted by Crippen LogP contribution is 2.30. The summed E-state index contributed by atoms with van der Waals surface area (Å²) in [7, 11) is -3.33. The van der Waals surface area contributed by atoms with E-state index in [0.29, 0.717) is 0 Å². The third-order valence-electron chi connectivity index (χ3n) is 3.50. The van der Waals surface area contributed by atoms with E-state index in [4.69, 9.17) is 4.74 Å². The molecule has 0 bridgehead atoms. The van der Waals surface area contributed by atoms with Crippen LogP contribution in [0.15, 0.2) is 47.4 Å². The highest BCUT2D eigenvalue weighted by Gasteiger charge is 2.18. The lowest BCUT2D eigenvalue weighted by Gasteiger charge is -2.16. The molecule has 0 unspecified atom stereocenters. The van der Waals surface area contributed by atoms with Crippen LogP contribution in [0.25, 0.3) is 0 Å². The zero-order valence-corrected chi connectivity index (χ0v) is 16.5. The molecule has 2 rings (SSSR count). The van der Waals surface area contributed by atoms with E-state index in [1.54, 1.807) is 12.1 Å². The molecule has 0 spiro atoms. The van der Waals surface area contributed by atoms with Crippen LogP contribution < -0.4 is 14.2 Å². The van der Waals surface area contributed by atoms with Crippen LogP contribution in [0.3, 0.4) is 0 Å². The number of hydrogen-bond donors (Lipinski definition) is 2. The molecule has 0 aliphatic carbocycles. The van der Waals surface area contributed by atoms with Gasteiger partial charge in [0, 0.05) is 20.2 Å². The van der Waals surface area contributed by atoms with Crippen LogP contribution in [0.5, 0.6) is 5.75 Å². The Bertz CT molecular complexity index is 985. The van der Waals surface area contributed by atoms with E-state index in [1.165, 1.54) is 51.5 Å². The molecule has 0 aliphatic heterocycles. The van der Waals surface area contributed by atoms with Gasteiger partial charge in [-0.1, -0.05) is 17.7 Å². The predicted octanol–water partition coefficient (Wildman–Crippen LogP) is 2.02. The fourth-order valence-corrected chi connectivity index (χ4v) is 3.68. The van der Waals surface area contributed by atoms with E-state index in [0.717, 1.165) is 9.87 Å². The number of nitrogens with one attached hydrogen (secondary N) is 2. The van der Waals surface area contributed by atoms with Crippen LogP contribution in [-0.4, -0.2) is 42.3 Å². The number of rotatable bonds is 7. The second-order valence-corrected chi connectivity index (χ2v) is 9.29. The number of hydrogen-bond acceptors (Lipinski definition) is 5. The third-order valence-corrected chi connectivity index (χ3v) is 6.34. The van der Waals surface area contributed by atoms with Gasteiger partial charge in [0.25, 0.3) is 10.0 Å². The minimum Gasteiger partial charge on any atom is -0.494 e. The van der Waals surface area contributed by atoms with Crippen molar-refractivity contribution >= 4 is 31.6 Å². The van der Waals surface area contributed by atoms with Crippen LogP contribution >= 0.6 is 0 Å². The van der Waals surface area contributed by atoms with Gasteiger partial charge in [-0.05, 0) is 31.2 Å². The van der Waals surface area contributed by atoms with E-state index in [2.05, 4.69) is 9.44 Å². The Hall–Kier alpha value is -2.30. The Morgan fingerprint density at radius 2 is 1.54 bits per heavy atom. The van der Waals surface area contributed by atoms with E-state index < -0.39 is 20.2 Å². The molecule has 0 saturated carbocycles. The number of sulfonamides is 1. The Balaban J connectivity index is 2.31. The van der Waals surface area contributed by atoms with Crippen molar-refractivity contribution < 1.29 is 21.6 Å². The number of nitrogens with zero attached hydrogens (tertiary/aromatic N) is 1. The summed E-state index contributed by atoms with van der Waals surface area (Å²) in [6.07, 6.45) is 0. The molecule has 142 valence electrons. The summed E-state index contributed by atoms with van der Waals surface area (Å²) in [5, 5.41) is 0. The van der Waals surface area contributed by atoms with E-state index in [9.17, 15) is 16.8 Å². The van der Waals surface area contributed by atoms with Crippen molar-refractivity contribution in [3.63, 3.8) is 0 Å². The summed E-state index contributed by atoms with van der Waals surface area (Å²) >= 11 is 0. The first-order chi connectivity index (χ1) is 12.0. The molecule has 0 heterocycles. The molecular weight excluding hydrogens is 378 g/mol. The largest absolute Gasteiger partial charge is 0.494 e. The summed E-state index contributed by atoms with van der Waals surface area (Å²) in [4.78, 5) is 0.113. The molecule has 0 aromatic heterocycles. The zero-order valence-electron chi connectivity index (χ0n) is 14.8. The SMILES string of the molecule is COc1cc(NS(=O)(=O)N(C)C)ccc1NS(=O)(=O)c1ccc(C)cc1. The van der Waals surface area contributed by atoms with Crippen molar-refractivity contribution in [2.24, 2.45) is 0 Å². The number of methoxy groups -OCH3 is 1. The molecule has 0 radical (unpaired) electrons. The molecule has 0 aliphatic rings. The van der Waals surface area contributed by atoms with Gasteiger partial charge < -0.3 is 4.74 Å². The quantitative estimate of drug-likeness (QED) is 0.741.